The number of nitrogens with zero attached hydrogens (tertiary/aromatic N) is 3. The van der Waals surface area contributed by atoms with Gasteiger partial charge in [0.25, 0.3) is 0 Å². The van der Waals surface area contributed by atoms with Crippen molar-refractivity contribution in [3.8, 4) is 0 Å². The van der Waals surface area contributed by atoms with Gasteiger partial charge in [-0.25, -0.2) is 4.68 Å². The van der Waals surface area contributed by atoms with Gasteiger partial charge in [-0.2, -0.15) is 5.10 Å². The highest BCUT2D eigenvalue weighted by Gasteiger charge is 2.36. The van der Waals surface area contributed by atoms with Gasteiger partial charge in [-0.1, -0.05) is 18.2 Å². The van der Waals surface area contributed by atoms with Crippen LogP contribution in [0.25, 0.3) is 10.9 Å². The van der Waals surface area contributed by atoms with Crippen LogP contribution in [-0.4, -0.2) is 37.5 Å². The van der Waals surface area contributed by atoms with Crippen LogP contribution in [0.1, 0.15) is 38.3 Å². The van der Waals surface area contributed by atoms with Crippen LogP contribution in [0.2, 0.25) is 0 Å². The molecule has 1 aromatic carbocycles. The molecule has 3 aromatic rings. The molecule has 1 atom stereocenters. The highest BCUT2D eigenvalue weighted by molar-refractivity contribution is 5.98. The smallest absolute Gasteiger partial charge is 0.248 e. The SMILES string of the molecule is CC(C)n1nccc1NC(=O)C1CCC(=O)N1Cc1c[nH]c2ccccc12. The van der Waals surface area contributed by atoms with E-state index >= 15 is 0 Å². The Morgan fingerprint density at radius 1 is 1.33 bits per heavy atom. The van der Waals surface area contributed by atoms with Crippen LogP contribution < -0.4 is 5.32 Å². The summed E-state index contributed by atoms with van der Waals surface area (Å²) in [5.74, 6) is 0.502. The number of likely N-dealkylation sites (tertiary alicyclic amines) is 1. The van der Waals surface area contributed by atoms with Crippen molar-refractivity contribution in [2.45, 2.75) is 45.3 Å². The van der Waals surface area contributed by atoms with Crippen molar-refractivity contribution >= 4 is 28.5 Å². The number of carbonyl (C=O) groups is 2. The summed E-state index contributed by atoms with van der Waals surface area (Å²) in [6.07, 6.45) is 4.50. The number of amides is 2. The molecular weight excluding hydrogens is 342 g/mol. The highest BCUT2D eigenvalue weighted by Crippen LogP contribution is 2.26. The fraction of sp³-hybridized carbons (Fsp3) is 0.350. The highest BCUT2D eigenvalue weighted by atomic mass is 16.2. The van der Waals surface area contributed by atoms with Gasteiger partial charge >= 0.3 is 0 Å². The molecule has 7 nitrogen and oxygen atoms in total. The molecule has 1 aliphatic rings. The topological polar surface area (TPSA) is 83.0 Å². The number of hydrogen-bond donors (Lipinski definition) is 2. The van der Waals surface area contributed by atoms with Crippen molar-refractivity contribution in [1.82, 2.24) is 19.7 Å². The maximum absolute atomic E-state index is 12.9. The third-order valence-electron chi connectivity index (χ3n) is 5.06. The number of carbonyl (C=O) groups excluding carboxylic acids is 2. The summed E-state index contributed by atoms with van der Waals surface area (Å²) in [7, 11) is 0. The van der Waals surface area contributed by atoms with E-state index < -0.39 is 6.04 Å². The molecule has 140 valence electrons. The molecule has 0 bridgehead atoms. The lowest BCUT2D eigenvalue weighted by Gasteiger charge is -2.24. The van der Waals surface area contributed by atoms with Crippen LogP contribution in [0.5, 0.6) is 0 Å². The second-order valence-electron chi connectivity index (χ2n) is 7.18. The summed E-state index contributed by atoms with van der Waals surface area (Å²) >= 11 is 0. The molecule has 0 radical (unpaired) electrons. The van der Waals surface area contributed by atoms with E-state index in [1.807, 2.05) is 44.3 Å². The Labute approximate surface area is 157 Å². The van der Waals surface area contributed by atoms with E-state index in [4.69, 9.17) is 0 Å². The Bertz CT molecular complexity index is 987. The predicted molar refractivity (Wildman–Crippen MR) is 103 cm³/mol. The molecule has 1 aliphatic heterocycles. The standard InChI is InChI=1S/C20H23N5O2/c1-13(2)25-18(9-10-22-25)23-20(27)17-7-8-19(26)24(17)12-14-11-21-16-6-4-3-5-15(14)16/h3-6,9-11,13,17,21H,7-8,12H2,1-2H3,(H,23,27). The number of para-hydroxylation sites is 1. The Balaban J connectivity index is 1.54. The van der Waals surface area contributed by atoms with Crippen molar-refractivity contribution in [2.75, 3.05) is 5.32 Å². The molecule has 1 fully saturated rings. The van der Waals surface area contributed by atoms with Gasteiger partial charge in [0.05, 0.1) is 6.20 Å². The molecular formula is C20H23N5O2. The fourth-order valence-corrected chi connectivity index (χ4v) is 3.68. The second kappa shape index (κ2) is 6.90. The molecule has 0 spiro atoms. The Morgan fingerprint density at radius 3 is 2.96 bits per heavy atom. The predicted octanol–water partition coefficient (Wildman–Crippen LogP) is 3.08. The van der Waals surface area contributed by atoms with Gasteiger partial charge in [-0.15, -0.1) is 0 Å². The zero-order valence-electron chi connectivity index (χ0n) is 15.5. The fourth-order valence-electron chi connectivity index (χ4n) is 3.68. The first-order valence-corrected chi connectivity index (χ1v) is 9.23. The molecule has 1 unspecified atom stereocenters. The van der Waals surface area contributed by atoms with Gasteiger partial charge in [-0.3, -0.25) is 9.59 Å². The largest absolute Gasteiger partial charge is 0.361 e. The van der Waals surface area contributed by atoms with Crippen LogP contribution >= 0.6 is 0 Å². The molecule has 2 N–H and O–H groups in total. The number of rotatable bonds is 5. The van der Waals surface area contributed by atoms with E-state index in [-0.39, 0.29) is 17.9 Å². The van der Waals surface area contributed by atoms with E-state index in [1.54, 1.807) is 21.8 Å². The van der Waals surface area contributed by atoms with Gasteiger partial charge in [0, 0.05) is 42.2 Å². The number of aromatic amines is 1. The van der Waals surface area contributed by atoms with Gasteiger partial charge in [-0.05, 0) is 31.9 Å². The summed E-state index contributed by atoms with van der Waals surface area (Å²) < 4.78 is 1.76. The van der Waals surface area contributed by atoms with Gasteiger partial charge in [0.2, 0.25) is 11.8 Å². The Morgan fingerprint density at radius 2 is 2.15 bits per heavy atom. The van der Waals surface area contributed by atoms with Crippen LogP contribution in [0, 0.1) is 0 Å². The lowest BCUT2D eigenvalue weighted by molar-refractivity contribution is -0.133. The van der Waals surface area contributed by atoms with Crippen molar-refractivity contribution in [3.63, 3.8) is 0 Å². The quantitative estimate of drug-likeness (QED) is 0.729. The van der Waals surface area contributed by atoms with E-state index in [2.05, 4.69) is 15.4 Å². The number of hydrogen-bond acceptors (Lipinski definition) is 3. The maximum atomic E-state index is 12.9. The van der Waals surface area contributed by atoms with Gasteiger partial charge in [0.15, 0.2) is 0 Å². The molecule has 1 saturated heterocycles. The zero-order valence-corrected chi connectivity index (χ0v) is 15.5. The van der Waals surface area contributed by atoms with Crippen LogP contribution in [-0.2, 0) is 16.1 Å². The van der Waals surface area contributed by atoms with E-state index in [0.717, 1.165) is 16.5 Å². The molecule has 2 amide bonds. The molecule has 0 saturated carbocycles. The average molecular weight is 365 g/mol. The molecule has 7 heteroatoms. The Kier molecular flexibility index (Phi) is 4.43. The van der Waals surface area contributed by atoms with Gasteiger partial charge in [0.1, 0.15) is 11.9 Å². The number of anilines is 1. The van der Waals surface area contributed by atoms with E-state index in [0.29, 0.717) is 25.2 Å². The zero-order chi connectivity index (χ0) is 19.0. The van der Waals surface area contributed by atoms with E-state index in [1.165, 1.54) is 0 Å². The molecule has 4 rings (SSSR count). The molecule has 0 aliphatic carbocycles. The molecule has 3 heterocycles. The number of nitrogens with one attached hydrogen (secondary N) is 2. The molecule has 2 aromatic heterocycles. The average Bonchev–Trinajstić information content (AvgIpc) is 3.35. The van der Waals surface area contributed by atoms with Crippen molar-refractivity contribution in [2.24, 2.45) is 0 Å². The molecule has 27 heavy (non-hydrogen) atoms. The van der Waals surface area contributed by atoms with E-state index in [9.17, 15) is 9.59 Å². The lowest BCUT2D eigenvalue weighted by Crippen LogP contribution is -2.41. The number of aromatic nitrogens is 3. The monoisotopic (exact) mass is 365 g/mol. The van der Waals surface area contributed by atoms with Crippen molar-refractivity contribution in [3.05, 3.63) is 48.3 Å². The summed E-state index contributed by atoms with van der Waals surface area (Å²) in [6.45, 7) is 4.43. The number of H-pyrrole nitrogens is 1. The summed E-state index contributed by atoms with van der Waals surface area (Å²) in [5.41, 5.74) is 2.05. The first kappa shape index (κ1) is 17.3. The summed E-state index contributed by atoms with van der Waals surface area (Å²) in [6, 6.07) is 9.42. The van der Waals surface area contributed by atoms with Crippen molar-refractivity contribution in [1.29, 1.82) is 0 Å². The second-order valence-corrected chi connectivity index (χ2v) is 7.18. The van der Waals surface area contributed by atoms with Crippen LogP contribution in [0.3, 0.4) is 0 Å². The maximum Gasteiger partial charge on any atom is 0.248 e. The van der Waals surface area contributed by atoms with Crippen LogP contribution in [0.4, 0.5) is 5.82 Å². The minimum Gasteiger partial charge on any atom is -0.361 e. The minimum atomic E-state index is -0.471. The summed E-state index contributed by atoms with van der Waals surface area (Å²) in [5, 5.41) is 8.26. The minimum absolute atomic E-state index is 0.0119. The first-order chi connectivity index (χ1) is 13.0. The van der Waals surface area contributed by atoms with Crippen LogP contribution in [0.15, 0.2) is 42.7 Å². The summed E-state index contributed by atoms with van der Waals surface area (Å²) in [4.78, 5) is 30.2. The Hall–Kier alpha value is -3.09. The number of fused-ring (bicyclic) bond motifs is 1. The normalized spacial score (nSPS) is 17.2. The third-order valence-corrected chi connectivity index (χ3v) is 5.06. The van der Waals surface area contributed by atoms with Gasteiger partial charge < -0.3 is 15.2 Å². The lowest BCUT2D eigenvalue weighted by atomic mass is 10.1. The van der Waals surface area contributed by atoms with Crippen molar-refractivity contribution < 1.29 is 9.59 Å². The first-order valence-electron chi connectivity index (χ1n) is 9.23. The third kappa shape index (κ3) is 3.20. The number of benzene rings is 1.